The third kappa shape index (κ3) is 2.71. The van der Waals surface area contributed by atoms with Crippen molar-refractivity contribution < 1.29 is 9.53 Å². The summed E-state index contributed by atoms with van der Waals surface area (Å²) in [7, 11) is 0. The van der Waals surface area contributed by atoms with Gasteiger partial charge in [0.25, 0.3) is 0 Å². The van der Waals surface area contributed by atoms with E-state index >= 15 is 0 Å². The van der Waals surface area contributed by atoms with E-state index in [1.807, 2.05) is 20.8 Å². The number of hydrogen-bond acceptors (Lipinski definition) is 2. The van der Waals surface area contributed by atoms with E-state index in [0.29, 0.717) is 12.5 Å². The van der Waals surface area contributed by atoms with Crippen molar-refractivity contribution in [1.82, 2.24) is 0 Å². The Morgan fingerprint density at radius 2 is 1.92 bits per heavy atom. The van der Waals surface area contributed by atoms with E-state index in [4.69, 9.17) is 4.74 Å². The highest BCUT2D eigenvalue weighted by atomic mass is 16.5. The average Bonchev–Trinajstić information content (AvgIpc) is 2.15. The van der Waals surface area contributed by atoms with Gasteiger partial charge in [-0.1, -0.05) is 27.2 Å². The van der Waals surface area contributed by atoms with Gasteiger partial charge >= 0.3 is 5.97 Å². The molecule has 0 heterocycles. The Morgan fingerprint density at radius 1 is 1.38 bits per heavy atom. The highest BCUT2D eigenvalue weighted by molar-refractivity contribution is 5.76. The van der Waals surface area contributed by atoms with Crippen LogP contribution < -0.4 is 0 Å². The Kier molecular flexibility index (Phi) is 5.04. The van der Waals surface area contributed by atoms with Crippen LogP contribution in [0.2, 0.25) is 0 Å². The minimum atomic E-state index is -0.301. The summed E-state index contributed by atoms with van der Waals surface area (Å²) in [6.07, 6.45) is 1.87. The Balaban J connectivity index is 4.51. The fourth-order valence-corrected chi connectivity index (χ4v) is 1.44. The standard InChI is InChI=1S/C11H22O2/c1-6-9(4)11(5,7-2)10(12)13-8-3/h9H,6-8H2,1-5H3/t9?,11-/m1/s1. The number of ether oxygens (including phenoxy) is 1. The van der Waals surface area contributed by atoms with Gasteiger partial charge < -0.3 is 4.74 Å². The highest BCUT2D eigenvalue weighted by Crippen LogP contribution is 2.34. The van der Waals surface area contributed by atoms with Crippen molar-refractivity contribution in [3.05, 3.63) is 0 Å². The van der Waals surface area contributed by atoms with Crippen molar-refractivity contribution in [1.29, 1.82) is 0 Å². The molecule has 2 heteroatoms. The number of carbonyl (C=O) groups excluding carboxylic acids is 1. The Hall–Kier alpha value is -0.530. The van der Waals surface area contributed by atoms with Crippen molar-refractivity contribution in [3.63, 3.8) is 0 Å². The highest BCUT2D eigenvalue weighted by Gasteiger charge is 2.37. The SMILES string of the molecule is CCOC(=O)[C@](C)(CC)C(C)CC. The molecule has 0 fully saturated rings. The van der Waals surface area contributed by atoms with E-state index in [9.17, 15) is 4.79 Å². The number of rotatable bonds is 5. The molecule has 0 aliphatic heterocycles. The minimum Gasteiger partial charge on any atom is -0.466 e. The summed E-state index contributed by atoms with van der Waals surface area (Å²) in [5.74, 6) is 0.336. The van der Waals surface area contributed by atoms with E-state index in [2.05, 4.69) is 13.8 Å². The maximum atomic E-state index is 11.7. The van der Waals surface area contributed by atoms with Gasteiger partial charge in [-0.3, -0.25) is 4.79 Å². The molecule has 0 amide bonds. The summed E-state index contributed by atoms with van der Waals surface area (Å²) >= 11 is 0. The molecule has 0 aromatic rings. The molecule has 2 nitrogen and oxygen atoms in total. The molecule has 0 aliphatic carbocycles. The predicted octanol–water partition coefficient (Wildman–Crippen LogP) is 3.01. The van der Waals surface area contributed by atoms with Crippen LogP contribution in [0.15, 0.2) is 0 Å². The molecule has 0 radical (unpaired) electrons. The molecule has 0 saturated carbocycles. The quantitative estimate of drug-likeness (QED) is 0.617. The van der Waals surface area contributed by atoms with Gasteiger partial charge in [-0.25, -0.2) is 0 Å². The lowest BCUT2D eigenvalue weighted by Gasteiger charge is -2.31. The number of carbonyl (C=O) groups is 1. The molecular weight excluding hydrogens is 164 g/mol. The first-order valence-electron chi connectivity index (χ1n) is 5.20. The van der Waals surface area contributed by atoms with E-state index in [1.165, 1.54) is 0 Å². The van der Waals surface area contributed by atoms with Crippen molar-refractivity contribution in [2.45, 2.75) is 47.5 Å². The predicted molar refractivity (Wildman–Crippen MR) is 54.5 cm³/mol. The Morgan fingerprint density at radius 3 is 2.23 bits per heavy atom. The van der Waals surface area contributed by atoms with Crippen LogP contribution in [-0.2, 0) is 9.53 Å². The van der Waals surface area contributed by atoms with Crippen LogP contribution in [-0.4, -0.2) is 12.6 Å². The molecule has 1 unspecified atom stereocenters. The maximum Gasteiger partial charge on any atom is 0.312 e. The summed E-state index contributed by atoms with van der Waals surface area (Å²) in [5, 5.41) is 0. The topological polar surface area (TPSA) is 26.3 Å². The second kappa shape index (κ2) is 5.25. The van der Waals surface area contributed by atoms with Gasteiger partial charge in [0.05, 0.1) is 12.0 Å². The molecule has 2 atom stereocenters. The first-order valence-corrected chi connectivity index (χ1v) is 5.20. The smallest absolute Gasteiger partial charge is 0.312 e. The summed E-state index contributed by atoms with van der Waals surface area (Å²) in [6.45, 7) is 10.6. The minimum absolute atomic E-state index is 0.0492. The number of esters is 1. The van der Waals surface area contributed by atoms with Crippen LogP contribution in [0.25, 0.3) is 0 Å². The summed E-state index contributed by atoms with van der Waals surface area (Å²) in [5.41, 5.74) is -0.301. The molecule has 0 N–H and O–H groups in total. The van der Waals surface area contributed by atoms with E-state index in [-0.39, 0.29) is 11.4 Å². The fraction of sp³-hybridized carbons (Fsp3) is 0.909. The lowest BCUT2D eigenvalue weighted by atomic mass is 9.74. The van der Waals surface area contributed by atoms with Crippen LogP contribution in [0.4, 0.5) is 0 Å². The van der Waals surface area contributed by atoms with E-state index < -0.39 is 0 Å². The zero-order chi connectivity index (χ0) is 10.5. The molecule has 0 aromatic carbocycles. The van der Waals surface area contributed by atoms with Crippen LogP contribution in [0.3, 0.4) is 0 Å². The van der Waals surface area contributed by atoms with Crippen LogP contribution in [0.1, 0.15) is 47.5 Å². The van der Waals surface area contributed by atoms with Crippen molar-refractivity contribution in [2.75, 3.05) is 6.61 Å². The van der Waals surface area contributed by atoms with E-state index in [0.717, 1.165) is 12.8 Å². The third-order valence-electron chi connectivity index (χ3n) is 3.18. The fourth-order valence-electron chi connectivity index (χ4n) is 1.44. The zero-order valence-electron chi connectivity index (χ0n) is 9.52. The summed E-state index contributed by atoms with van der Waals surface area (Å²) < 4.78 is 5.08. The Bertz CT molecular complexity index is 165. The lowest BCUT2D eigenvalue weighted by Crippen LogP contribution is -2.35. The number of hydrogen-bond donors (Lipinski definition) is 0. The molecule has 0 aromatic heterocycles. The van der Waals surface area contributed by atoms with Crippen LogP contribution in [0.5, 0.6) is 0 Å². The second-order valence-corrected chi connectivity index (χ2v) is 3.80. The van der Waals surface area contributed by atoms with Crippen LogP contribution >= 0.6 is 0 Å². The summed E-state index contributed by atoms with van der Waals surface area (Å²) in [6, 6.07) is 0. The summed E-state index contributed by atoms with van der Waals surface area (Å²) in [4.78, 5) is 11.7. The largest absolute Gasteiger partial charge is 0.466 e. The molecule has 0 bridgehead atoms. The van der Waals surface area contributed by atoms with Gasteiger partial charge in [0.1, 0.15) is 0 Å². The van der Waals surface area contributed by atoms with Gasteiger partial charge in [-0.2, -0.15) is 0 Å². The molecule has 0 saturated heterocycles. The maximum absolute atomic E-state index is 11.7. The molecule has 13 heavy (non-hydrogen) atoms. The first-order chi connectivity index (χ1) is 6.02. The second-order valence-electron chi connectivity index (χ2n) is 3.80. The zero-order valence-corrected chi connectivity index (χ0v) is 9.52. The van der Waals surface area contributed by atoms with Crippen molar-refractivity contribution >= 4 is 5.97 Å². The van der Waals surface area contributed by atoms with Crippen LogP contribution in [0, 0.1) is 11.3 Å². The third-order valence-corrected chi connectivity index (χ3v) is 3.18. The monoisotopic (exact) mass is 186 g/mol. The van der Waals surface area contributed by atoms with Gasteiger partial charge in [0, 0.05) is 0 Å². The molecule has 0 spiro atoms. The molecule has 78 valence electrons. The van der Waals surface area contributed by atoms with Gasteiger partial charge in [-0.15, -0.1) is 0 Å². The van der Waals surface area contributed by atoms with Gasteiger partial charge in [0.2, 0.25) is 0 Å². The molecular formula is C11H22O2. The van der Waals surface area contributed by atoms with Gasteiger partial charge in [0.15, 0.2) is 0 Å². The molecule has 0 rings (SSSR count). The molecule has 0 aliphatic rings. The van der Waals surface area contributed by atoms with Gasteiger partial charge in [-0.05, 0) is 26.2 Å². The Labute approximate surface area is 81.7 Å². The van der Waals surface area contributed by atoms with Crippen molar-refractivity contribution in [2.24, 2.45) is 11.3 Å². The lowest BCUT2D eigenvalue weighted by molar-refractivity contribution is -0.158. The average molecular weight is 186 g/mol. The first kappa shape index (κ1) is 12.5. The van der Waals surface area contributed by atoms with E-state index in [1.54, 1.807) is 0 Å². The normalized spacial score (nSPS) is 17.6. The van der Waals surface area contributed by atoms with Crippen molar-refractivity contribution in [3.8, 4) is 0 Å².